The first-order chi connectivity index (χ1) is 9.29. The molecule has 4 heteroatoms. The number of fused-ring (bicyclic) bond motifs is 1. The van der Waals surface area contributed by atoms with Gasteiger partial charge in [0.05, 0.1) is 6.61 Å². The number of rotatable bonds is 8. The van der Waals surface area contributed by atoms with Gasteiger partial charge in [-0.2, -0.15) is 0 Å². The second-order valence-corrected chi connectivity index (χ2v) is 5.35. The molecule has 0 unspecified atom stereocenters. The van der Waals surface area contributed by atoms with E-state index in [4.69, 9.17) is 9.15 Å². The maximum absolute atomic E-state index is 5.54. The Labute approximate surface area is 122 Å². The third-order valence-electron chi connectivity index (χ3n) is 2.95. The summed E-state index contributed by atoms with van der Waals surface area (Å²) in [6.07, 6.45) is 2.33. The Bertz CT molecular complexity index is 510. The highest BCUT2D eigenvalue weighted by molar-refractivity contribution is 9.10. The lowest BCUT2D eigenvalue weighted by Crippen LogP contribution is -2.19. The van der Waals surface area contributed by atoms with E-state index in [-0.39, 0.29) is 0 Å². The highest BCUT2D eigenvalue weighted by atomic mass is 79.9. The first-order valence-electron chi connectivity index (χ1n) is 6.76. The van der Waals surface area contributed by atoms with Gasteiger partial charge in [0.25, 0.3) is 0 Å². The van der Waals surface area contributed by atoms with Gasteiger partial charge >= 0.3 is 0 Å². The van der Waals surface area contributed by atoms with Gasteiger partial charge in [-0.1, -0.05) is 25.5 Å². The number of ether oxygens (including phenoxy) is 1. The molecule has 0 aliphatic rings. The smallest absolute Gasteiger partial charge is 0.170 e. The van der Waals surface area contributed by atoms with E-state index in [0.717, 1.165) is 48.4 Å². The van der Waals surface area contributed by atoms with Crippen molar-refractivity contribution in [1.82, 2.24) is 5.32 Å². The zero-order chi connectivity index (χ0) is 13.5. The number of hydrogen-bond acceptors (Lipinski definition) is 3. The first-order valence-corrected chi connectivity index (χ1v) is 7.55. The van der Waals surface area contributed by atoms with E-state index >= 15 is 0 Å². The molecule has 1 aromatic carbocycles. The van der Waals surface area contributed by atoms with Crippen LogP contribution in [0.2, 0.25) is 0 Å². The molecular weight excluding hydrogens is 306 g/mol. The molecule has 0 fully saturated rings. The van der Waals surface area contributed by atoms with Crippen LogP contribution in [-0.2, 0) is 11.3 Å². The Morgan fingerprint density at radius 3 is 3.00 bits per heavy atom. The molecule has 2 aromatic rings. The van der Waals surface area contributed by atoms with Crippen molar-refractivity contribution in [2.45, 2.75) is 26.3 Å². The van der Waals surface area contributed by atoms with Crippen LogP contribution in [0.15, 0.2) is 33.4 Å². The van der Waals surface area contributed by atoms with Gasteiger partial charge in [-0.05, 0) is 40.0 Å². The molecule has 0 atom stereocenters. The van der Waals surface area contributed by atoms with Crippen LogP contribution in [-0.4, -0.2) is 19.8 Å². The van der Waals surface area contributed by atoms with Gasteiger partial charge in [-0.25, -0.2) is 0 Å². The summed E-state index contributed by atoms with van der Waals surface area (Å²) in [6.45, 7) is 5.53. The maximum atomic E-state index is 5.54. The molecule has 0 bridgehead atoms. The third-order valence-corrected chi connectivity index (χ3v) is 3.34. The van der Waals surface area contributed by atoms with Crippen molar-refractivity contribution in [2.24, 2.45) is 0 Å². The van der Waals surface area contributed by atoms with Crippen LogP contribution in [0.25, 0.3) is 11.0 Å². The van der Waals surface area contributed by atoms with Gasteiger partial charge in [0, 0.05) is 25.1 Å². The zero-order valence-electron chi connectivity index (χ0n) is 11.2. The van der Waals surface area contributed by atoms with Crippen molar-refractivity contribution in [3.63, 3.8) is 0 Å². The minimum atomic E-state index is 0.772. The van der Waals surface area contributed by atoms with Crippen molar-refractivity contribution in [2.75, 3.05) is 19.8 Å². The quantitative estimate of drug-likeness (QED) is 0.742. The van der Waals surface area contributed by atoms with Crippen LogP contribution < -0.4 is 5.32 Å². The summed E-state index contributed by atoms with van der Waals surface area (Å²) >= 11 is 3.34. The van der Waals surface area contributed by atoms with E-state index < -0.39 is 0 Å². The summed E-state index contributed by atoms with van der Waals surface area (Å²) < 4.78 is 11.8. The Hall–Kier alpha value is -0.840. The van der Waals surface area contributed by atoms with E-state index in [0.29, 0.717) is 0 Å². The second kappa shape index (κ2) is 7.68. The molecule has 0 spiro atoms. The summed E-state index contributed by atoms with van der Waals surface area (Å²) in [4.78, 5) is 0. The largest absolute Gasteiger partial charge is 0.449 e. The van der Waals surface area contributed by atoms with Crippen LogP contribution in [0.3, 0.4) is 0 Å². The molecule has 0 aliphatic heterocycles. The summed E-state index contributed by atoms with van der Waals surface area (Å²) in [7, 11) is 0. The average Bonchev–Trinajstić information content (AvgIpc) is 2.77. The number of unbranched alkanes of at least 4 members (excludes halogenated alkanes) is 1. The number of furan rings is 1. The molecule has 19 heavy (non-hydrogen) atoms. The Morgan fingerprint density at radius 2 is 2.16 bits per heavy atom. The van der Waals surface area contributed by atoms with Crippen LogP contribution in [0, 0.1) is 0 Å². The molecule has 2 rings (SSSR count). The lowest BCUT2D eigenvalue weighted by Gasteiger charge is -2.06. The topological polar surface area (TPSA) is 34.4 Å². The molecule has 1 N–H and O–H groups in total. The molecule has 0 saturated carbocycles. The predicted octanol–water partition coefficient (Wildman–Crippen LogP) is 4.10. The van der Waals surface area contributed by atoms with Crippen LogP contribution in [0.5, 0.6) is 0 Å². The van der Waals surface area contributed by atoms with Gasteiger partial charge in [-0.15, -0.1) is 0 Å². The standard InChI is InChI=1S/C15H20BrNO2/c1-2-3-7-18-8-6-17-11-12-4-5-13-10-15(16)19-14(13)9-12/h4-5,9-10,17H,2-3,6-8,11H2,1H3. The fourth-order valence-electron chi connectivity index (χ4n) is 1.88. The first kappa shape index (κ1) is 14.6. The van der Waals surface area contributed by atoms with Crippen LogP contribution in [0.1, 0.15) is 25.3 Å². The molecule has 0 saturated heterocycles. The van der Waals surface area contributed by atoms with Crippen molar-refractivity contribution in [1.29, 1.82) is 0 Å². The monoisotopic (exact) mass is 325 g/mol. The average molecular weight is 326 g/mol. The Kier molecular flexibility index (Phi) is 5.89. The lowest BCUT2D eigenvalue weighted by molar-refractivity contribution is 0.133. The Morgan fingerprint density at radius 1 is 1.26 bits per heavy atom. The lowest BCUT2D eigenvalue weighted by atomic mass is 10.2. The summed E-state index contributed by atoms with van der Waals surface area (Å²) in [5.41, 5.74) is 2.15. The summed E-state index contributed by atoms with van der Waals surface area (Å²) in [5, 5.41) is 4.50. The fraction of sp³-hybridized carbons (Fsp3) is 0.467. The van der Waals surface area contributed by atoms with Gasteiger partial charge in [0.15, 0.2) is 4.67 Å². The molecular formula is C15H20BrNO2. The number of benzene rings is 1. The normalized spacial score (nSPS) is 11.3. The van der Waals surface area contributed by atoms with E-state index in [9.17, 15) is 0 Å². The minimum Gasteiger partial charge on any atom is -0.449 e. The van der Waals surface area contributed by atoms with Crippen LogP contribution in [0.4, 0.5) is 0 Å². The zero-order valence-corrected chi connectivity index (χ0v) is 12.8. The minimum absolute atomic E-state index is 0.772. The molecule has 1 heterocycles. The summed E-state index contributed by atoms with van der Waals surface area (Å²) in [6, 6.07) is 8.26. The van der Waals surface area contributed by atoms with Gasteiger partial charge in [-0.3, -0.25) is 0 Å². The van der Waals surface area contributed by atoms with E-state index in [1.165, 1.54) is 12.0 Å². The highest BCUT2D eigenvalue weighted by Crippen LogP contribution is 2.24. The van der Waals surface area contributed by atoms with Crippen molar-refractivity contribution in [3.05, 3.63) is 34.5 Å². The molecule has 1 aromatic heterocycles. The van der Waals surface area contributed by atoms with Gasteiger partial charge in [0.1, 0.15) is 5.58 Å². The molecule has 0 amide bonds. The second-order valence-electron chi connectivity index (χ2n) is 4.57. The molecule has 0 radical (unpaired) electrons. The highest BCUT2D eigenvalue weighted by Gasteiger charge is 2.02. The van der Waals surface area contributed by atoms with E-state index in [1.807, 2.05) is 6.07 Å². The SMILES string of the molecule is CCCCOCCNCc1ccc2cc(Br)oc2c1. The summed E-state index contributed by atoms with van der Waals surface area (Å²) in [5.74, 6) is 0. The molecule has 0 aliphatic carbocycles. The number of nitrogens with one attached hydrogen (secondary N) is 1. The third kappa shape index (κ3) is 4.64. The molecule has 104 valence electrons. The number of halogens is 1. The van der Waals surface area contributed by atoms with Crippen molar-refractivity contribution in [3.8, 4) is 0 Å². The van der Waals surface area contributed by atoms with Crippen LogP contribution >= 0.6 is 15.9 Å². The van der Waals surface area contributed by atoms with E-state index in [2.05, 4.69) is 46.4 Å². The van der Waals surface area contributed by atoms with Crippen molar-refractivity contribution >= 4 is 26.9 Å². The van der Waals surface area contributed by atoms with Gasteiger partial charge in [0.2, 0.25) is 0 Å². The predicted molar refractivity (Wildman–Crippen MR) is 81.3 cm³/mol. The molecule has 3 nitrogen and oxygen atoms in total. The van der Waals surface area contributed by atoms with E-state index in [1.54, 1.807) is 0 Å². The maximum Gasteiger partial charge on any atom is 0.170 e. The van der Waals surface area contributed by atoms with Crippen molar-refractivity contribution < 1.29 is 9.15 Å². The number of hydrogen-bond donors (Lipinski definition) is 1. The Balaban J connectivity index is 1.72. The van der Waals surface area contributed by atoms with Gasteiger partial charge < -0.3 is 14.5 Å². The fourth-order valence-corrected chi connectivity index (χ4v) is 2.30.